The molecule has 1 aliphatic rings. The largest absolute Gasteiger partial charge is 0.495 e. The minimum absolute atomic E-state index is 0.0248. The second kappa shape index (κ2) is 10.1. The Morgan fingerprint density at radius 2 is 1.71 bits per heavy atom. The highest BCUT2D eigenvalue weighted by molar-refractivity contribution is 6.22. The maximum atomic E-state index is 12.9. The van der Waals surface area contributed by atoms with Gasteiger partial charge in [0.1, 0.15) is 11.8 Å². The standard InChI is InChI=1S/C23H23N3O8/c1-13(2)10-18(25-21(28)15-6-4-5-7-16(15)22(25)29)23(30)34-12-20(27)24-17-11-14(26(31)32)8-9-19(17)33-3/h4-9,11,13,18H,10,12H2,1-3H3,(H,24,27)/t18-/m0/s1. The van der Waals surface area contributed by atoms with Crippen molar-refractivity contribution in [2.75, 3.05) is 19.0 Å². The number of esters is 1. The topological polar surface area (TPSA) is 145 Å². The Balaban J connectivity index is 1.72. The molecule has 1 atom stereocenters. The van der Waals surface area contributed by atoms with E-state index < -0.39 is 41.3 Å². The fraction of sp³-hybridized carbons (Fsp3) is 0.304. The third-order valence-corrected chi connectivity index (χ3v) is 5.12. The number of hydrogen-bond acceptors (Lipinski definition) is 8. The minimum atomic E-state index is -1.22. The predicted molar refractivity (Wildman–Crippen MR) is 119 cm³/mol. The van der Waals surface area contributed by atoms with Crippen molar-refractivity contribution >= 4 is 35.1 Å². The van der Waals surface area contributed by atoms with Gasteiger partial charge in [0.2, 0.25) is 0 Å². The van der Waals surface area contributed by atoms with Crippen molar-refractivity contribution in [3.05, 3.63) is 63.7 Å². The van der Waals surface area contributed by atoms with Gasteiger partial charge in [-0.2, -0.15) is 0 Å². The fourth-order valence-electron chi connectivity index (χ4n) is 3.57. The molecule has 0 bridgehead atoms. The number of non-ortho nitro benzene ring substituents is 1. The van der Waals surface area contributed by atoms with Crippen molar-refractivity contribution in [2.45, 2.75) is 26.3 Å². The van der Waals surface area contributed by atoms with Gasteiger partial charge in [-0.1, -0.05) is 26.0 Å². The Morgan fingerprint density at radius 1 is 1.09 bits per heavy atom. The van der Waals surface area contributed by atoms with E-state index in [9.17, 15) is 29.3 Å². The van der Waals surface area contributed by atoms with Crippen molar-refractivity contribution in [1.29, 1.82) is 0 Å². The van der Waals surface area contributed by atoms with Gasteiger partial charge in [0, 0.05) is 12.1 Å². The molecule has 0 saturated heterocycles. The first-order valence-corrected chi connectivity index (χ1v) is 10.4. The van der Waals surface area contributed by atoms with Gasteiger partial charge in [-0.3, -0.25) is 29.4 Å². The highest BCUT2D eigenvalue weighted by Gasteiger charge is 2.43. The summed E-state index contributed by atoms with van der Waals surface area (Å²) < 4.78 is 10.2. The third kappa shape index (κ3) is 5.03. The van der Waals surface area contributed by atoms with Gasteiger partial charge >= 0.3 is 5.97 Å². The van der Waals surface area contributed by atoms with Crippen LogP contribution in [0.2, 0.25) is 0 Å². The Bertz CT molecular complexity index is 1130. The van der Waals surface area contributed by atoms with Gasteiger partial charge in [-0.05, 0) is 30.5 Å². The smallest absolute Gasteiger partial charge is 0.329 e. The fourth-order valence-corrected chi connectivity index (χ4v) is 3.57. The molecule has 0 spiro atoms. The molecule has 34 heavy (non-hydrogen) atoms. The van der Waals surface area contributed by atoms with Crippen molar-refractivity contribution < 1.29 is 33.6 Å². The van der Waals surface area contributed by atoms with Crippen LogP contribution in [-0.2, 0) is 14.3 Å². The molecule has 0 unspecified atom stereocenters. The van der Waals surface area contributed by atoms with E-state index in [1.165, 1.54) is 31.4 Å². The van der Waals surface area contributed by atoms with Gasteiger partial charge in [0.15, 0.2) is 6.61 Å². The zero-order valence-electron chi connectivity index (χ0n) is 18.8. The highest BCUT2D eigenvalue weighted by atomic mass is 16.6. The summed E-state index contributed by atoms with van der Waals surface area (Å²) in [6.07, 6.45) is 0.143. The van der Waals surface area contributed by atoms with Gasteiger partial charge in [0.25, 0.3) is 23.4 Å². The maximum absolute atomic E-state index is 12.9. The van der Waals surface area contributed by atoms with E-state index in [2.05, 4.69) is 5.32 Å². The van der Waals surface area contributed by atoms with Crippen LogP contribution >= 0.6 is 0 Å². The molecule has 0 saturated carbocycles. The van der Waals surface area contributed by atoms with E-state index in [1.54, 1.807) is 12.1 Å². The van der Waals surface area contributed by atoms with E-state index in [-0.39, 0.29) is 40.6 Å². The first-order valence-electron chi connectivity index (χ1n) is 10.4. The molecule has 11 nitrogen and oxygen atoms in total. The van der Waals surface area contributed by atoms with E-state index in [0.717, 1.165) is 11.0 Å². The molecule has 0 aliphatic carbocycles. The van der Waals surface area contributed by atoms with E-state index in [4.69, 9.17) is 9.47 Å². The van der Waals surface area contributed by atoms with Crippen molar-refractivity contribution in [3.63, 3.8) is 0 Å². The molecule has 11 heteroatoms. The van der Waals surface area contributed by atoms with Crippen LogP contribution in [0.15, 0.2) is 42.5 Å². The summed E-state index contributed by atoms with van der Waals surface area (Å²) in [5.41, 5.74) is 0.154. The van der Waals surface area contributed by atoms with Crippen molar-refractivity contribution in [1.82, 2.24) is 4.90 Å². The molecular formula is C23H23N3O8. The number of ether oxygens (including phenoxy) is 2. The maximum Gasteiger partial charge on any atom is 0.329 e. The number of nitro groups is 1. The molecule has 0 fully saturated rings. The summed E-state index contributed by atoms with van der Waals surface area (Å²) in [6, 6.07) is 8.69. The van der Waals surface area contributed by atoms with E-state index >= 15 is 0 Å². The minimum Gasteiger partial charge on any atom is -0.495 e. The number of rotatable bonds is 9. The first kappa shape index (κ1) is 24.4. The number of fused-ring (bicyclic) bond motifs is 1. The zero-order chi connectivity index (χ0) is 25.0. The van der Waals surface area contributed by atoms with Crippen LogP contribution in [0.1, 0.15) is 41.0 Å². The summed E-state index contributed by atoms with van der Waals surface area (Å²) in [6.45, 7) is 2.90. The Morgan fingerprint density at radius 3 is 2.24 bits per heavy atom. The number of benzene rings is 2. The number of carbonyl (C=O) groups is 4. The van der Waals surface area contributed by atoms with Crippen molar-refractivity contribution in [2.24, 2.45) is 5.92 Å². The molecule has 1 heterocycles. The highest BCUT2D eigenvalue weighted by Crippen LogP contribution is 2.29. The van der Waals surface area contributed by atoms with E-state index in [0.29, 0.717) is 0 Å². The first-order chi connectivity index (χ1) is 16.1. The second-order valence-corrected chi connectivity index (χ2v) is 7.97. The van der Waals surface area contributed by atoms with Crippen LogP contribution in [0.25, 0.3) is 0 Å². The second-order valence-electron chi connectivity index (χ2n) is 7.97. The predicted octanol–water partition coefficient (Wildman–Crippen LogP) is 2.80. The van der Waals surface area contributed by atoms with Crippen LogP contribution in [0.4, 0.5) is 11.4 Å². The number of nitrogens with one attached hydrogen (secondary N) is 1. The summed E-state index contributed by atoms with van der Waals surface area (Å²) in [5, 5.41) is 13.4. The van der Waals surface area contributed by atoms with Gasteiger partial charge < -0.3 is 14.8 Å². The molecule has 2 aromatic carbocycles. The molecule has 0 radical (unpaired) electrons. The van der Waals surface area contributed by atoms with Gasteiger partial charge in [-0.15, -0.1) is 0 Å². The molecular weight excluding hydrogens is 446 g/mol. The lowest BCUT2D eigenvalue weighted by Crippen LogP contribution is -2.46. The SMILES string of the molecule is COc1ccc([N+](=O)[O-])cc1NC(=O)COC(=O)[C@H](CC(C)C)N1C(=O)c2ccccc2C1=O. The molecule has 0 aromatic heterocycles. The lowest BCUT2D eigenvalue weighted by atomic mass is 10.0. The van der Waals surface area contributed by atoms with Crippen LogP contribution in [-0.4, -0.2) is 53.3 Å². The zero-order valence-corrected chi connectivity index (χ0v) is 18.8. The number of anilines is 1. The van der Waals surface area contributed by atoms with Crippen LogP contribution < -0.4 is 10.1 Å². The van der Waals surface area contributed by atoms with Crippen molar-refractivity contribution in [3.8, 4) is 5.75 Å². The summed E-state index contributed by atoms with van der Waals surface area (Å²) in [7, 11) is 1.33. The van der Waals surface area contributed by atoms with Crippen LogP contribution in [0.5, 0.6) is 5.75 Å². The number of imide groups is 1. The Labute approximate surface area is 194 Å². The summed E-state index contributed by atoms with van der Waals surface area (Å²) >= 11 is 0. The Hall–Kier alpha value is -4.28. The molecule has 2 aromatic rings. The lowest BCUT2D eigenvalue weighted by molar-refractivity contribution is -0.384. The van der Waals surface area contributed by atoms with Gasteiger partial charge in [-0.25, -0.2) is 4.79 Å². The molecule has 1 N–H and O–H groups in total. The summed E-state index contributed by atoms with van der Waals surface area (Å²) in [4.78, 5) is 62.1. The lowest BCUT2D eigenvalue weighted by Gasteiger charge is -2.25. The number of nitrogens with zero attached hydrogens (tertiary/aromatic N) is 2. The third-order valence-electron chi connectivity index (χ3n) is 5.12. The monoisotopic (exact) mass is 469 g/mol. The number of nitro benzene ring substituents is 1. The number of amides is 3. The number of carbonyl (C=O) groups excluding carboxylic acids is 4. The average molecular weight is 469 g/mol. The number of methoxy groups -OCH3 is 1. The quantitative estimate of drug-likeness (QED) is 0.255. The van der Waals surface area contributed by atoms with Crippen LogP contribution in [0.3, 0.4) is 0 Å². The molecule has 3 amide bonds. The number of hydrogen-bond donors (Lipinski definition) is 1. The van der Waals surface area contributed by atoms with Crippen LogP contribution in [0, 0.1) is 16.0 Å². The average Bonchev–Trinajstić information content (AvgIpc) is 3.05. The Kier molecular flexibility index (Phi) is 7.24. The van der Waals surface area contributed by atoms with Gasteiger partial charge in [0.05, 0.1) is 28.8 Å². The molecule has 178 valence electrons. The normalized spacial score (nSPS) is 13.5. The van der Waals surface area contributed by atoms with E-state index in [1.807, 2.05) is 13.8 Å². The molecule has 1 aliphatic heterocycles. The summed E-state index contributed by atoms with van der Waals surface area (Å²) in [5.74, 6) is -2.79. The molecule has 3 rings (SSSR count).